The smallest absolute Gasteiger partial charge is 0.261 e. The first kappa shape index (κ1) is 14.8. The molecule has 0 saturated heterocycles. The van der Waals surface area contributed by atoms with Crippen LogP contribution in [0.4, 0.5) is 11.4 Å². The molecule has 0 saturated carbocycles. The van der Waals surface area contributed by atoms with E-state index in [4.69, 9.17) is 5.73 Å². The summed E-state index contributed by atoms with van der Waals surface area (Å²) in [5.74, 6) is -0.440. The number of nitrogen functional groups attached to an aromatic ring is 1. The zero-order chi connectivity index (χ0) is 16.6. The topological polar surface area (TPSA) is 77.1 Å². The number of aryl methyl sites for hydroxylation is 2. The lowest BCUT2D eigenvalue weighted by molar-refractivity contribution is 0.102. The minimum Gasteiger partial charge on any atom is -0.398 e. The fourth-order valence-corrected chi connectivity index (χ4v) is 2.62. The van der Waals surface area contributed by atoms with Crippen LogP contribution in [0.1, 0.15) is 15.9 Å². The van der Waals surface area contributed by atoms with Crippen LogP contribution in [0.3, 0.4) is 0 Å². The summed E-state index contributed by atoms with van der Waals surface area (Å²) in [6, 6.07) is 12.7. The molecule has 5 heteroatoms. The van der Waals surface area contributed by atoms with Crippen LogP contribution in [-0.4, -0.2) is 10.5 Å². The number of hydrogen-bond donors (Lipinski definition) is 2. The van der Waals surface area contributed by atoms with Crippen molar-refractivity contribution >= 4 is 28.2 Å². The summed E-state index contributed by atoms with van der Waals surface area (Å²) in [6.45, 7) is 1.89. The number of carbonyl (C=O) groups is 1. The number of nitrogens with zero attached hydrogens (tertiary/aromatic N) is 1. The first-order valence-corrected chi connectivity index (χ1v) is 7.24. The maximum absolute atomic E-state index is 12.7. The number of fused-ring (bicyclic) bond motifs is 1. The van der Waals surface area contributed by atoms with E-state index in [0.717, 1.165) is 5.56 Å². The number of aromatic nitrogens is 1. The van der Waals surface area contributed by atoms with Crippen molar-refractivity contribution < 1.29 is 4.79 Å². The Morgan fingerprint density at radius 3 is 2.61 bits per heavy atom. The molecule has 0 aliphatic rings. The minimum atomic E-state index is -0.440. The molecule has 3 rings (SSSR count). The largest absolute Gasteiger partial charge is 0.398 e. The van der Waals surface area contributed by atoms with Gasteiger partial charge in [0, 0.05) is 24.6 Å². The number of nitrogens with two attached hydrogens (primary N) is 1. The quantitative estimate of drug-likeness (QED) is 0.715. The average molecular weight is 307 g/mol. The summed E-state index contributed by atoms with van der Waals surface area (Å²) >= 11 is 0. The van der Waals surface area contributed by atoms with Crippen LogP contribution in [-0.2, 0) is 7.05 Å². The van der Waals surface area contributed by atoms with Crippen LogP contribution >= 0.6 is 0 Å². The number of benzene rings is 2. The predicted octanol–water partition coefficient (Wildman–Crippen LogP) is 2.68. The zero-order valence-electron chi connectivity index (χ0n) is 13.0. The van der Waals surface area contributed by atoms with Crippen LogP contribution in [0.25, 0.3) is 10.9 Å². The van der Waals surface area contributed by atoms with Gasteiger partial charge in [0.1, 0.15) is 5.56 Å². The molecular formula is C18H17N3O2. The Labute approximate surface area is 133 Å². The molecule has 1 heterocycles. The molecule has 3 aromatic rings. The molecule has 0 unspecified atom stereocenters. The standard InChI is InChI=1S/C18H17N3O2/c1-11-6-3-4-8-14(11)20-18(23)12-10-21(2)15-9-5-7-13(19)16(15)17(12)22/h3-10H,19H2,1-2H3,(H,20,23). The molecule has 0 bridgehead atoms. The number of hydrogen-bond acceptors (Lipinski definition) is 3. The second kappa shape index (κ2) is 5.61. The van der Waals surface area contributed by atoms with Crippen LogP contribution in [0.5, 0.6) is 0 Å². The number of anilines is 2. The molecule has 2 aromatic carbocycles. The minimum absolute atomic E-state index is 0.0705. The summed E-state index contributed by atoms with van der Waals surface area (Å²) in [5, 5.41) is 3.15. The van der Waals surface area contributed by atoms with E-state index in [0.29, 0.717) is 22.3 Å². The van der Waals surface area contributed by atoms with Gasteiger partial charge in [0.25, 0.3) is 5.91 Å². The Balaban J connectivity index is 2.12. The van der Waals surface area contributed by atoms with E-state index in [2.05, 4.69) is 5.32 Å². The maximum atomic E-state index is 12.7. The first-order valence-electron chi connectivity index (χ1n) is 7.24. The molecule has 116 valence electrons. The average Bonchev–Trinajstić information content (AvgIpc) is 2.53. The van der Waals surface area contributed by atoms with E-state index < -0.39 is 5.91 Å². The van der Waals surface area contributed by atoms with E-state index in [-0.39, 0.29) is 11.0 Å². The Morgan fingerprint density at radius 2 is 1.87 bits per heavy atom. The number of nitrogens with one attached hydrogen (secondary N) is 1. The Bertz CT molecular complexity index is 974. The highest BCUT2D eigenvalue weighted by Gasteiger charge is 2.16. The van der Waals surface area contributed by atoms with Crippen molar-refractivity contribution in [1.82, 2.24) is 4.57 Å². The maximum Gasteiger partial charge on any atom is 0.261 e. The third-order valence-corrected chi connectivity index (χ3v) is 3.89. The van der Waals surface area contributed by atoms with Gasteiger partial charge in [-0.15, -0.1) is 0 Å². The van der Waals surface area contributed by atoms with E-state index in [9.17, 15) is 9.59 Å². The van der Waals surface area contributed by atoms with Crippen LogP contribution in [0.15, 0.2) is 53.5 Å². The molecule has 23 heavy (non-hydrogen) atoms. The van der Waals surface area contributed by atoms with Gasteiger partial charge in [-0.1, -0.05) is 24.3 Å². The lowest BCUT2D eigenvalue weighted by atomic mass is 10.1. The second-order valence-electron chi connectivity index (χ2n) is 5.49. The Morgan fingerprint density at radius 1 is 1.13 bits per heavy atom. The first-order chi connectivity index (χ1) is 11.0. The molecule has 0 aliphatic carbocycles. The van der Waals surface area contributed by atoms with Crippen LogP contribution in [0.2, 0.25) is 0 Å². The number of para-hydroxylation sites is 1. The molecule has 3 N–H and O–H groups in total. The van der Waals surface area contributed by atoms with Gasteiger partial charge in [-0.25, -0.2) is 0 Å². The second-order valence-corrected chi connectivity index (χ2v) is 5.49. The molecule has 0 atom stereocenters. The molecule has 1 aromatic heterocycles. The van der Waals surface area contributed by atoms with Gasteiger partial charge in [-0.2, -0.15) is 0 Å². The van der Waals surface area contributed by atoms with Crippen molar-refractivity contribution in [3.63, 3.8) is 0 Å². The zero-order valence-corrected chi connectivity index (χ0v) is 13.0. The number of carbonyl (C=O) groups excluding carboxylic acids is 1. The molecule has 5 nitrogen and oxygen atoms in total. The summed E-state index contributed by atoms with van der Waals surface area (Å²) in [6.07, 6.45) is 1.54. The Hall–Kier alpha value is -3.08. The fraction of sp³-hybridized carbons (Fsp3) is 0.111. The van der Waals surface area contributed by atoms with Crippen molar-refractivity contribution in [2.75, 3.05) is 11.1 Å². The number of pyridine rings is 1. The lowest BCUT2D eigenvalue weighted by Gasteiger charge is -2.12. The monoisotopic (exact) mass is 307 g/mol. The molecule has 0 aliphatic heterocycles. The van der Waals surface area contributed by atoms with Gasteiger partial charge in [0.15, 0.2) is 0 Å². The van der Waals surface area contributed by atoms with Crippen LogP contribution < -0.4 is 16.5 Å². The van der Waals surface area contributed by atoms with Crippen LogP contribution in [0, 0.1) is 6.92 Å². The summed E-state index contributed by atoms with van der Waals surface area (Å²) < 4.78 is 1.74. The molecular weight excluding hydrogens is 290 g/mol. The van der Waals surface area contributed by atoms with Crippen molar-refractivity contribution in [1.29, 1.82) is 0 Å². The van der Waals surface area contributed by atoms with Crippen molar-refractivity contribution in [2.45, 2.75) is 6.92 Å². The third kappa shape index (κ3) is 2.57. The Kier molecular flexibility index (Phi) is 3.62. The van der Waals surface area contributed by atoms with E-state index in [1.165, 1.54) is 6.20 Å². The highest BCUT2D eigenvalue weighted by Crippen LogP contribution is 2.19. The SMILES string of the molecule is Cc1ccccc1NC(=O)c1cn(C)c2cccc(N)c2c1=O. The third-order valence-electron chi connectivity index (χ3n) is 3.89. The fourth-order valence-electron chi connectivity index (χ4n) is 2.62. The van der Waals surface area contributed by atoms with Gasteiger partial charge in [0.05, 0.1) is 10.9 Å². The van der Waals surface area contributed by atoms with Gasteiger partial charge in [0.2, 0.25) is 5.43 Å². The highest BCUT2D eigenvalue weighted by molar-refractivity contribution is 6.07. The van der Waals surface area contributed by atoms with Crippen molar-refractivity contribution in [2.24, 2.45) is 7.05 Å². The van der Waals surface area contributed by atoms with E-state index in [1.54, 1.807) is 35.9 Å². The summed E-state index contributed by atoms with van der Waals surface area (Å²) in [7, 11) is 1.78. The van der Waals surface area contributed by atoms with Crippen molar-refractivity contribution in [3.8, 4) is 0 Å². The van der Waals surface area contributed by atoms with Gasteiger partial charge >= 0.3 is 0 Å². The van der Waals surface area contributed by atoms with Gasteiger partial charge in [-0.05, 0) is 30.7 Å². The summed E-state index contributed by atoms with van der Waals surface area (Å²) in [5.41, 5.74) is 8.31. The normalized spacial score (nSPS) is 10.7. The highest BCUT2D eigenvalue weighted by atomic mass is 16.2. The van der Waals surface area contributed by atoms with Gasteiger partial charge < -0.3 is 15.6 Å². The van der Waals surface area contributed by atoms with Gasteiger partial charge in [-0.3, -0.25) is 9.59 Å². The molecule has 1 amide bonds. The summed E-state index contributed by atoms with van der Waals surface area (Å²) in [4.78, 5) is 25.2. The molecule has 0 spiro atoms. The van der Waals surface area contributed by atoms with Crippen molar-refractivity contribution in [3.05, 3.63) is 70.0 Å². The molecule has 0 radical (unpaired) electrons. The van der Waals surface area contributed by atoms with E-state index >= 15 is 0 Å². The predicted molar refractivity (Wildman–Crippen MR) is 92.7 cm³/mol. The lowest BCUT2D eigenvalue weighted by Crippen LogP contribution is -2.24. The van der Waals surface area contributed by atoms with E-state index in [1.807, 2.05) is 25.1 Å². The molecule has 0 fully saturated rings. The number of rotatable bonds is 2. The number of amides is 1.